The second-order valence-corrected chi connectivity index (χ2v) is 13.5. The molecule has 9 nitrogen and oxygen atoms in total. The third-order valence-electron chi connectivity index (χ3n) is 7.45. The van der Waals surface area contributed by atoms with E-state index in [1.807, 2.05) is 50.2 Å². The highest BCUT2D eigenvalue weighted by Gasteiger charge is 2.34. The average Bonchev–Trinajstić information content (AvgIpc) is 3.28. The SMILES string of the molecule is Cc1nn2c(=O)n(Cc3ccccc3)c(C(C(C)C)N(CCCNC(=O)OC(C)(C)C)C(=O)c3ccc(C(F)(F)F)cc3)cc2c1Br. The zero-order valence-corrected chi connectivity index (χ0v) is 28.8. The first kappa shape index (κ1) is 35.7. The molecule has 13 heteroatoms. The quantitative estimate of drug-likeness (QED) is 0.173. The van der Waals surface area contributed by atoms with Crippen LogP contribution in [0.1, 0.15) is 80.0 Å². The van der Waals surface area contributed by atoms with E-state index >= 15 is 0 Å². The van der Waals surface area contributed by atoms with Crippen molar-refractivity contribution in [3.05, 3.63) is 104 Å². The summed E-state index contributed by atoms with van der Waals surface area (Å²) in [5, 5.41) is 7.13. The Balaban J connectivity index is 1.82. The number of nitrogens with one attached hydrogen (secondary N) is 1. The monoisotopic (exact) mass is 717 g/mol. The molecule has 2 amide bonds. The molecule has 0 saturated heterocycles. The molecule has 0 aliphatic rings. The highest BCUT2D eigenvalue weighted by molar-refractivity contribution is 9.10. The number of carbonyl (C=O) groups is 2. The Morgan fingerprint density at radius 3 is 2.26 bits per heavy atom. The van der Waals surface area contributed by atoms with Crippen LogP contribution in [-0.2, 0) is 17.5 Å². The van der Waals surface area contributed by atoms with E-state index in [1.165, 1.54) is 4.52 Å². The minimum absolute atomic E-state index is 0.0585. The lowest BCUT2D eigenvalue weighted by molar-refractivity contribution is -0.137. The molecule has 47 heavy (non-hydrogen) atoms. The number of benzene rings is 2. The van der Waals surface area contributed by atoms with Crippen molar-refractivity contribution in [2.45, 2.75) is 72.3 Å². The van der Waals surface area contributed by atoms with Crippen molar-refractivity contribution >= 4 is 33.4 Å². The van der Waals surface area contributed by atoms with E-state index in [1.54, 1.807) is 37.2 Å². The van der Waals surface area contributed by atoms with E-state index in [2.05, 4.69) is 26.3 Å². The smallest absolute Gasteiger partial charge is 0.416 e. The van der Waals surface area contributed by atoms with Gasteiger partial charge in [-0.3, -0.25) is 9.36 Å². The molecule has 2 aromatic heterocycles. The molecule has 0 radical (unpaired) electrons. The van der Waals surface area contributed by atoms with Gasteiger partial charge in [0, 0.05) is 24.3 Å². The molecule has 1 unspecified atom stereocenters. The van der Waals surface area contributed by atoms with Crippen LogP contribution in [0.15, 0.2) is 69.9 Å². The van der Waals surface area contributed by atoms with Gasteiger partial charge in [0.25, 0.3) is 5.91 Å². The summed E-state index contributed by atoms with van der Waals surface area (Å²) in [6.07, 6.45) is -4.87. The molecule has 2 aromatic carbocycles. The Morgan fingerprint density at radius 2 is 1.68 bits per heavy atom. The summed E-state index contributed by atoms with van der Waals surface area (Å²) < 4.78 is 48.9. The van der Waals surface area contributed by atoms with Gasteiger partial charge in [0.1, 0.15) is 5.60 Å². The van der Waals surface area contributed by atoms with E-state index in [9.17, 15) is 27.6 Å². The molecule has 4 aromatic rings. The highest BCUT2D eigenvalue weighted by Crippen LogP contribution is 2.34. The van der Waals surface area contributed by atoms with Crippen LogP contribution in [-0.4, -0.2) is 49.8 Å². The first-order valence-corrected chi connectivity index (χ1v) is 16.0. The first-order chi connectivity index (χ1) is 22.0. The standard InChI is InChI=1S/C34H39BrF3N5O4/c1-21(2)29(27-19-26-28(35)22(3)40-43(26)32(46)42(27)20-23-11-8-7-9-12-23)41(18-10-17-39-31(45)47-33(4,5)6)30(44)24-13-15-25(16-14-24)34(36,37)38/h7-9,11-16,19,21,29H,10,17-18,20H2,1-6H3,(H,39,45). The summed E-state index contributed by atoms with van der Waals surface area (Å²) in [6, 6.07) is 14.6. The Morgan fingerprint density at radius 1 is 1.04 bits per heavy atom. The lowest BCUT2D eigenvalue weighted by Gasteiger charge is -2.36. The number of alkyl halides is 3. The fraction of sp³-hybridized carbons (Fsp3) is 0.412. The van der Waals surface area contributed by atoms with Crippen LogP contribution in [0.5, 0.6) is 0 Å². The van der Waals surface area contributed by atoms with Gasteiger partial charge in [-0.25, -0.2) is 9.59 Å². The lowest BCUT2D eigenvalue weighted by Crippen LogP contribution is -2.43. The number of carbonyl (C=O) groups excluding carboxylic acids is 2. The predicted octanol–water partition coefficient (Wildman–Crippen LogP) is 7.39. The van der Waals surface area contributed by atoms with Crippen molar-refractivity contribution in [1.29, 1.82) is 0 Å². The number of aromatic nitrogens is 3. The van der Waals surface area contributed by atoms with Gasteiger partial charge in [-0.2, -0.15) is 22.8 Å². The number of aryl methyl sites for hydroxylation is 1. The van der Waals surface area contributed by atoms with Crippen LogP contribution in [0, 0.1) is 12.8 Å². The number of hydrogen-bond donors (Lipinski definition) is 1. The molecule has 2 heterocycles. The number of halogens is 4. The van der Waals surface area contributed by atoms with Crippen molar-refractivity contribution < 1.29 is 27.5 Å². The maximum Gasteiger partial charge on any atom is 0.416 e. The largest absolute Gasteiger partial charge is 0.444 e. The van der Waals surface area contributed by atoms with Gasteiger partial charge >= 0.3 is 18.0 Å². The molecule has 0 bridgehead atoms. The summed E-state index contributed by atoms with van der Waals surface area (Å²) in [7, 11) is 0. The summed E-state index contributed by atoms with van der Waals surface area (Å²) in [5.74, 6) is -0.768. The van der Waals surface area contributed by atoms with Crippen molar-refractivity contribution in [3.8, 4) is 0 Å². The Bertz CT molecular complexity index is 1780. The Kier molecular flexibility index (Phi) is 10.9. The van der Waals surface area contributed by atoms with Gasteiger partial charge in [0.2, 0.25) is 0 Å². The van der Waals surface area contributed by atoms with Crippen LogP contribution in [0.4, 0.5) is 18.0 Å². The van der Waals surface area contributed by atoms with Crippen molar-refractivity contribution in [2.24, 2.45) is 5.92 Å². The van der Waals surface area contributed by atoms with Crippen molar-refractivity contribution in [2.75, 3.05) is 13.1 Å². The van der Waals surface area contributed by atoms with Crippen LogP contribution in [0.3, 0.4) is 0 Å². The van der Waals surface area contributed by atoms with Crippen molar-refractivity contribution in [1.82, 2.24) is 24.4 Å². The van der Waals surface area contributed by atoms with Crippen molar-refractivity contribution in [3.63, 3.8) is 0 Å². The van der Waals surface area contributed by atoms with E-state index in [4.69, 9.17) is 4.74 Å². The van der Waals surface area contributed by atoms with E-state index in [0.29, 0.717) is 27.8 Å². The summed E-state index contributed by atoms with van der Waals surface area (Å²) in [5.41, 5.74) is 0.593. The molecule has 0 aliphatic heterocycles. The third kappa shape index (κ3) is 8.62. The van der Waals surface area contributed by atoms with Crippen LogP contribution in [0.25, 0.3) is 5.52 Å². The summed E-state index contributed by atoms with van der Waals surface area (Å²) >= 11 is 3.55. The minimum Gasteiger partial charge on any atom is -0.444 e. The molecular weight excluding hydrogens is 679 g/mol. The van der Waals surface area contributed by atoms with Crippen LogP contribution >= 0.6 is 15.9 Å². The number of ether oxygens (including phenoxy) is 1. The van der Waals surface area contributed by atoms with Gasteiger partial charge in [-0.15, -0.1) is 0 Å². The topological polar surface area (TPSA) is 97.9 Å². The minimum atomic E-state index is -4.56. The summed E-state index contributed by atoms with van der Waals surface area (Å²) in [6.45, 7) is 11.3. The van der Waals surface area contributed by atoms with Gasteiger partial charge < -0.3 is 15.0 Å². The number of alkyl carbamates (subject to hydrolysis) is 1. The molecule has 0 spiro atoms. The second-order valence-electron chi connectivity index (χ2n) is 12.7. The lowest BCUT2D eigenvalue weighted by atomic mass is 9.96. The van der Waals surface area contributed by atoms with Gasteiger partial charge in [-0.1, -0.05) is 44.2 Å². The Hall–Kier alpha value is -4.13. The molecular formula is C34H39BrF3N5O4. The maximum atomic E-state index is 14.2. The normalized spacial score (nSPS) is 12.7. The molecule has 1 atom stereocenters. The number of nitrogens with zero attached hydrogens (tertiary/aromatic N) is 4. The number of fused-ring (bicyclic) bond motifs is 1. The fourth-order valence-corrected chi connectivity index (χ4v) is 5.72. The fourth-order valence-electron chi connectivity index (χ4n) is 5.36. The number of hydrogen-bond acceptors (Lipinski definition) is 5. The highest BCUT2D eigenvalue weighted by atomic mass is 79.9. The summed E-state index contributed by atoms with van der Waals surface area (Å²) in [4.78, 5) is 42.2. The average molecular weight is 719 g/mol. The van der Waals surface area contributed by atoms with Gasteiger partial charge in [-0.05, 0) is 91.9 Å². The molecule has 4 rings (SSSR count). The second kappa shape index (κ2) is 14.3. The predicted molar refractivity (Wildman–Crippen MR) is 176 cm³/mol. The first-order valence-electron chi connectivity index (χ1n) is 15.3. The van der Waals surface area contributed by atoms with Gasteiger partial charge in [0.15, 0.2) is 0 Å². The van der Waals surface area contributed by atoms with Crippen LogP contribution < -0.4 is 11.0 Å². The maximum absolute atomic E-state index is 14.2. The van der Waals surface area contributed by atoms with E-state index in [-0.39, 0.29) is 31.1 Å². The van der Waals surface area contributed by atoms with Crippen LogP contribution in [0.2, 0.25) is 0 Å². The van der Waals surface area contributed by atoms with Gasteiger partial charge in [0.05, 0.1) is 33.8 Å². The molecule has 1 N–H and O–H groups in total. The zero-order valence-electron chi connectivity index (χ0n) is 27.2. The Labute approximate surface area is 279 Å². The van der Waals surface area contributed by atoms with E-state index < -0.39 is 41.1 Å². The molecule has 0 fully saturated rings. The third-order valence-corrected chi connectivity index (χ3v) is 8.43. The molecule has 252 valence electrons. The van der Waals surface area contributed by atoms with E-state index in [0.717, 1.165) is 29.8 Å². The molecule has 0 aliphatic carbocycles. The zero-order chi connectivity index (χ0) is 34.7. The number of rotatable bonds is 10. The molecule has 0 saturated carbocycles. The number of amides is 2.